The van der Waals surface area contributed by atoms with Gasteiger partial charge in [-0.15, -0.1) is 0 Å². The van der Waals surface area contributed by atoms with Crippen LogP contribution in [-0.4, -0.2) is 34.7 Å². The molecule has 0 radical (unpaired) electrons. The third-order valence-electron chi connectivity index (χ3n) is 4.65. The van der Waals surface area contributed by atoms with Gasteiger partial charge in [0.05, 0.1) is 12.8 Å². The first-order chi connectivity index (χ1) is 8.19. The van der Waals surface area contributed by atoms with Gasteiger partial charge in [-0.25, -0.2) is 0 Å². The van der Waals surface area contributed by atoms with Gasteiger partial charge in [0.2, 0.25) is 0 Å². The fourth-order valence-corrected chi connectivity index (χ4v) is 4.40. The average Bonchev–Trinajstić information content (AvgIpc) is 2.26. The molecule has 4 aliphatic carbocycles. The highest BCUT2D eigenvalue weighted by Crippen LogP contribution is 2.57. The highest BCUT2D eigenvalue weighted by molar-refractivity contribution is 5.61. The minimum absolute atomic E-state index is 0.0551. The molecule has 4 fully saturated rings. The number of oxime groups is 1. The van der Waals surface area contributed by atoms with Crippen molar-refractivity contribution in [3.8, 4) is 0 Å². The zero-order chi connectivity index (χ0) is 11.9. The van der Waals surface area contributed by atoms with E-state index in [9.17, 15) is 5.11 Å². The van der Waals surface area contributed by atoms with Gasteiger partial charge < -0.3 is 15.1 Å². The van der Waals surface area contributed by atoms with Crippen molar-refractivity contribution < 1.29 is 15.1 Å². The molecule has 4 bridgehead atoms. The van der Waals surface area contributed by atoms with E-state index in [0.717, 1.165) is 37.0 Å². The van der Waals surface area contributed by atoms with E-state index in [0.29, 0.717) is 0 Å². The Morgan fingerprint density at radius 3 is 2.18 bits per heavy atom. The molecule has 17 heavy (non-hydrogen) atoms. The molecule has 96 valence electrons. The summed E-state index contributed by atoms with van der Waals surface area (Å²) in [6, 6.07) is 0. The lowest BCUT2D eigenvalue weighted by molar-refractivity contribution is -0.162. The third kappa shape index (κ3) is 2.20. The van der Waals surface area contributed by atoms with E-state index < -0.39 is 6.10 Å². The zero-order valence-corrected chi connectivity index (χ0v) is 10.1. The molecule has 0 saturated heterocycles. The molecule has 0 heterocycles. The van der Waals surface area contributed by atoms with Gasteiger partial charge in [0, 0.05) is 0 Å². The second kappa shape index (κ2) is 4.25. The molecule has 4 rings (SSSR count). The quantitative estimate of drug-likeness (QED) is 0.574. The van der Waals surface area contributed by atoms with Crippen LogP contribution < -0.4 is 0 Å². The van der Waals surface area contributed by atoms with E-state index in [1.165, 1.54) is 25.5 Å². The van der Waals surface area contributed by atoms with Crippen LogP contribution in [0.2, 0.25) is 0 Å². The van der Waals surface area contributed by atoms with Gasteiger partial charge in [-0.3, -0.25) is 0 Å². The molecule has 1 unspecified atom stereocenters. The normalized spacial score (nSPS) is 45.4. The van der Waals surface area contributed by atoms with Crippen LogP contribution in [0.15, 0.2) is 5.16 Å². The van der Waals surface area contributed by atoms with Crippen molar-refractivity contribution in [2.24, 2.45) is 22.9 Å². The highest BCUT2D eigenvalue weighted by atomic mass is 16.6. The first kappa shape index (κ1) is 11.5. The van der Waals surface area contributed by atoms with Crippen LogP contribution in [0.5, 0.6) is 0 Å². The van der Waals surface area contributed by atoms with Crippen molar-refractivity contribution in [2.75, 3.05) is 6.61 Å². The monoisotopic (exact) mass is 239 g/mol. The lowest BCUT2D eigenvalue weighted by atomic mass is 9.54. The maximum Gasteiger partial charge on any atom is 0.138 e. The number of hydrogen-bond acceptors (Lipinski definition) is 4. The second-order valence-corrected chi connectivity index (χ2v) is 6.20. The van der Waals surface area contributed by atoms with Gasteiger partial charge in [-0.2, -0.15) is 0 Å². The molecular formula is C13H21NO3. The van der Waals surface area contributed by atoms with Crippen LogP contribution in [0.4, 0.5) is 0 Å². The summed E-state index contributed by atoms with van der Waals surface area (Å²) >= 11 is 0. The Morgan fingerprint density at radius 1 is 1.18 bits per heavy atom. The highest BCUT2D eigenvalue weighted by Gasteiger charge is 2.52. The summed E-state index contributed by atoms with van der Waals surface area (Å²) in [4.78, 5) is 5.71. The minimum Gasteiger partial charge on any atom is -0.393 e. The number of hydrogen-bond donors (Lipinski definition) is 2. The molecule has 4 aliphatic rings. The average molecular weight is 239 g/mol. The molecule has 1 atom stereocenters. The van der Waals surface area contributed by atoms with E-state index in [-0.39, 0.29) is 12.2 Å². The maximum absolute atomic E-state index is 9.19. The standard InChI is InChI=1S/C13H21NO3/c15-8-12(16)7-14-17-13-4-9-1-10(5-13)3-11(2-9)6-13/h7,9-12,15-16H,1-6,8H2/b14-7+. The van der Waals surface area contributed by atoms with Gasteiger partial charge in [-0.1, -0.05) is 5.16 Å². The summed E-state index contributed by atoms with van der Waals surface area (Å²) in [6.45, 7) is -0.298. The Morgan fingerprint density at radius 2 is 1.71 bits per heavy atom. The number of rotatable bonds is 4. The Hall–Kier alpha value is -0.610. The van der Waals surface area contributed by atoms with Crippen LogP contribution in [-0.2, 0) is 4.84 Å². The molecule has 0 spiro atoms. The van der Waals surface area contributed by atoms with Crippen molar-refractivity contribution >= 4 is 6.21 Å². The predicted molar refractivity (Wildman–Crippen MR) is 63.6 cm³/mol. The largest absolute Gasteiger partial charge is 0.393 e. The fraction of sp³-hybridized carbons (Fsp3) is 0.923. The smallest absolute Gasteiger partial charge is 0.138 e. The second-order valence-electron chi connectivity index (χ2n) is 6.20. The zero-order valence-electron chi connectivity index (χ0n) is 10.1. The summed E-state index contributed by atoms with van der Waals surface area (Å²) in [5.74, 6) is 2.50. The van der Waals surface area contributed by atoms with Gasteiger partial charge in [0.15, 0.2) is 0 Å². The molecule has 0 aromatic heterocycles. The van der Waals surface area contributed by atoms with Gasteiger partial charge in [0.1, 0.15) is 11.7 Å². The molecule has 4 heteroatoms. The summed E-state index contributed by atoms with van der Waals surface area (Å²) in [6.07, 6.45) is 7.94. The van der Waals surface area contributed by atoms with Gasteiger partial charge >= 0.3 is 0 Å². The number of aliphatic hydroxyl groups is 2. The summed E-state index contributed by atoms with van der Waals surface area (Å²) in [5, 5.41) is 21.8. The number of nitrogens with zero attached hydrogens (tertiary/aromatic N) is 1. The Kier molecular flexibility index (Phi) is 2.87. The molecule has 0 amide bonds. The van der Waals surface area contributed by atoms with Crippen molar-refractivity contribution in [1.29, 1.82) is 0 Å². The third-order valence-corrected chi connectivity index (χ3v) is 4.65. The fourth-order valence-electron chi connectivity index (χ4n) is 4.40. The molecule has 2 N–H and O–H groups in total. The lowest BCUT2D eigenvalue weighted by Crippen LogP contribution is -2.51. The predicted octanol–water partition coefficient (Wildman–Crippen LogP) is 1.31. The van der Waals surface area contributed by atoms with Crippen molar-refractivity contribution in [2.45, 2.75) is 50.2 Å². The topological polar surface area (TPSA) is 62.0 Å². The molecule has 4 saturated carbocycles. The van der Waals surface area contributed by atoms with E-state index >= 15 is 0 Å². The maximum atomic E-state index is 9.19. The molecule has 4 nitrogen and oxygen atoms in total. The molecule has 0 aliphatic heterocycles. The summed E-state index contributed by atoms with van der Waals surface area (Å²) < 4.78 is 0. The van der Waals surface area contributed by atoms with E-state index in [1.54, 1.807) is 0 Å². The first-order valence-electron chi connectivity index (χ1n) is 6.70. The Balaban J connectivity index is 1.64. The van der Waals surface area contributed by atoms with Crippen LogP contribution >= 0.6 is 0 Å². The van der Waals surface area contributed by atoms with E-state index in [4.69, 9.17) is 9.94 Å². The molecule has 0 aromatic rings. The lowest BCUT2D eigenvalue weighted by Gasteiger charge is -2.54. The number of aliphatic hydroxyl groups excluding tert-OH is 2. The van der Waals surface area contributed by atoms with Crippen LogP contribution in [0.3, 0.4) is 0 Å². The summed E-state index contributed by atoms with van der Waals surface area (Å²) in [7, 11) is 0. The minimum atomic E-state index is -0.899. The summed E-state index contributed by atoms with van der Waals surface area (Å²) in [5.41, 5.74) is -0.0551. The molecular weight excluding hydrogens is 218 g/mol. The van der Waals surface area contributed by atoms with Gasteiger partial charge in [0.25, 0.3) is 0 Å². The first-order valence-corrected chi connectivity index (χ1v) is 6.70. The Labute approximate surface area is 102 Å². The van der Waals surface area contributed by atoms with Crippen LogP contribution in [0, 0.1) is 17.8 Å². The van der Waals surface area contributed by atoms with E-state index in [2.05, 4.69) is 5.16 Å². The van der Waals surface area contributed by atoms with Crippen molar-refractivity contribution in [1.82, 2.24) is 0 Å². The Bertz CT molecular complexity index is 281. The van der Waals surface area contributed by atoms with Gasteiger partial charge in [-0.05, 0) is 56.3 Å². The van der Waals surface area contributed by atoms with Crippen molar-refractivity contribution in [3.05, 3.63) is 0 Å². The molecule has 0 aromatic carbocycles. The van der Waals surface area contributed by atoms with E-state index in [1.807, 2.05) is 0 Å². The van der Waals surface area contributed by atoms with Crippen molar-refractivity contribution in [3.63, 3.8) is 0 Å². The van der Waals surface area contributed by atoms with Crippen LogP contribution in [0.1, 0.15) is 38.5 Å². The van der Waals surface area contributed by atoms with Crippen LogP contribution in [0.25, 0.3) is 0 Å². The SMILES string of the molecule is OCC(O)/C=N/OC12CC3CC(CC(C3)C1)C2.